The van der Waals surface area contributed by atoms with Crippen molar-refractivity contribution in [1.82, 2.24) is 9.88 Å². The lowest BCUT2D eigenvalue weighted by molar-refractivity contribution is 0.0924. The van der Waals surface area contributed by atoms with E-state index in [1.807, 2.05) is 0 Å². The van der Waals surface area contributed by atoms with Crippen molar-refractivity contribution < 1.29 is 14.7 Å². The van der Waals surface area contributed by atoms with E-state index in [1.165, 1.54) is 6.92 Å². The van der Waals surface area contributed by atoms with Crippen LogP contribution in [0.4, 0.5) is 0 Å². The van der Waals surface area contributed by atoms with Gasteiger partial charge in [-0.1, -0.05) is 13.8 Å². The van der Waals surface area contributed by atoms with E-state index in [9.17, 15) is 9.59 Å². The molecule has 0 spiro atoms. The second-order valence-electron chi connectivity index (χ2n) is 5.96. The summed E-state index contributed by atoms with van der Waals surface area (Å²) in [7, 11) is 1.75. The lowest BCUT2D eigenvalue weighted by Gasteiger charge is -2.24. The minimum atomic E-state index is -0.183. The van der Waals surface area contributed by atoms with E-state index in [4.69, 9.17) is 5.11 Å². The minimum absolute atomic E-state index is 0.0528. The summed E-state index contributed by atoms with van der Waals surface area (Å²) < 4.78 is 1.66. The Hall–Kier alpha value is -1.62. The fourth-order valence-corrected chi connectivity index (χ4v) is 2.04. The van der Waals surface area contributed by atoms with Crippen molar-refractivity contribution in [3.05, 3.63) is 23.5 Å². The molecule has 2 N–H and O–H groups in total. The molecule has 0 aliphatic heterocycles. The summed E-state index contributed by atoms with van der Waals surface area (Å²) in [5.41, 5.74) is 0.956. The molecular formula is C15H24N2O3. The Balaban J connectivity index is 2.65. The van der Waals surface area contributed by atoms with Gasteiger partial charge in [0.1, 0.15) is 5.69 Å². The van der Waals surface area contributed by atoms with Gasteiger partial charge < -0.3 is 15.0 Å². The molecule has 112 valence electrons. The number of aromatic nitrogens is 1. The number of carbonyl (C=O) groups excluding carboxylic acids is 2. The third-order valence-corrected chi connectivity index (χ3v) is 3.38. The summed E-state index contributed by atoms with van der Waals surface area (Å²) in [5, 5.41) is 11.7. The van der Waals surface area contributed by atoms with E-state index in [2.05, 4.69) is 19.2 Å². The summed E-state index contributed by atoms with van der Waals surface area (Å²) in [6.45, 7) is 6.28. The van der Waals surface area contributed by atoms with Crippen LogP contribution in [0.2, 0.25) is 0 Å². The molecule has 1 amide bonds. The number of hydrogen-bond donors (Lipinski definition) is 2. The number of aryl methyl sites for hydroxylation is 1. The summed E-state index contributed by atoms with van der Waals surface area (Å²) in [6, 6.07) is 1.61. The molecule has 0 unspecified atom stereocenters. The monoisotopic (exact) mass is 280 g/mol. The molecule has 20 heavy (non-hydrogen) atoms. The number of amides is 1. The first-order valence-corrected chi connectivity index (χ1v) is 6.83. The standard InChI is InChI=1S/C15H24N2O3/c1-11(19)12-8-13(17(4)9-12)14(20)16-10-15(2,3)6-5-7-18/h8-9,18H,5-7,10H2,1-4H3,(H,16,20). The third-order valence-electron chi connectivity index (χ3n) is 3.38. The number of hydrogen-bond acceptors (Lipinski definition) is 3. The van der Waals surface area contributed by atoms with Crippen LogP contribution in [0.1, 0.15) is 54.5 Å². The molecule has 0 bridgehead atoms. The smallest absolute Gasteiger partial charge is 0.267 e. The number of aliphatic hydroxyl groups is 1. The molecule has 0 radical (unpaired) electrons. The second-order valence-corrected chi connectivity index (χ2v) is 5.96. The average Bonchev–Trinajstić information content (AvgIpc) is 2.76. The van der Waals surface area contributed by atoms with Crippen LogP contribution in [0.3, 0.4) is 0 Å². The molecule has 1 rings (SSSR count). The summed E-state index contributed by atoms with van der Waals surface area (Å²) in [5.74, 6) is -0.236. The molecule has 1 heterocycles. The fourth-order valence-electron chi connectivity index (χ4n) is 2.04. The van der Waals surface area contributed by atoms with Crippen molar-refractivity contribution in [2.45, 2.75) is 33.6 Å². The Morgan fingerprint density at radius 2 is 2.05 bits per heavy atom. The molecule has 0 aliphatic rings. The van der Waals surface area contributed by atoms with E-state index >= 15 is 0 Å². The highest BCUT2D eigenvalue weighted by atomic mass is 16.3. The molecular weight excluding hydrogens is 256 g/mol. The van der Waals surface area contributed by atoms with Gasteiger partial charge in [-0.15, -0.1) is 0 Å². The predicted octanol–water partition coefficient (Wildman–Crippen LogP) is 1.76. The van der Waals surface area contributed by atoms with E-state index in [0.29, 0.717) is 17.8 Å². The predicted molar refractivity (Wildman–Crippen MR) is 77.9 cm³/mol. The Morgan fingerprint density at radius 1 is 1.40 bits per heavy atom. The first-order chi connectivity index (χ1) is 9.26. The van der Waals surface area contributed by atoms with Crippen LogP contribution in [0.5, 0.6) is 0 Å². The summed E-state index contributed by atoms with van der Waals surface area (Å²) >= 11 is 0. The van der Waals surface area contributed by atoms with Gasteiger partial charge in [0.25, 0.3) is 5.91 Å². The van der Waals surface area contributed by atoms with E-state index < -0.39 is 0 Å². The van der Waals surface area contributed by atoms with Crippen molar-refractivity contribution in [2.24, 2.45) is 12.5 Å². The fraction of sp³-hybridized carbons (Fsp3) is 0.600. The molecule has 0 saturated carbocycles. The van der Waals surface area contributed by atoms with Crippen molar-refractivity contribution in [1.29, 1.82) is 0 Å². The average molecular weight is 280 g/mol. The maximum Gasteiger partial charge on any atom is 0.267 e. The highest BCUT2D eigenvalue weighted by Crippen LogP contribution is 2.21. The number of ketones is 1. The Morgan fingerprint density at radius 3 is 2.55 bits per heavy atom. The van der Waals surface area contributed by atoms with Gasteiger partial charge in [0.15, 0.2) is 5.78 Å². The van der Waals surface area contributed by atoms with Crippen LogP contribution in [0.25, 0.3) is 0 Å². The lowest BCUT2D eigenvalue weighted by Crippen LogP contribution is -2.34. The number of rotatable bonds is 7. The molecule has 5 heteroatoms. The number of Topliss-reactive ketones (excluding diaryl/α,β-unsaturated/α-hetero) is 1. The minimum Gasteiger partial charge on any atom is -0.396 e. The van der Waals surface area contributed by atoms with Gasteiger partial charge in [-0.25, -0.2) is 0 Å². The Kier molecular flexibility index (Phi) is 5.51. The lowest BCUT2D eigenvalue weighted by atomic mass is 9.88. The zero-order valence-corrected chi connectivity index (χ0v) is 12.7. The van der Waals surface area contributed by atoms with Crippen LogP contribution in [0, 0.1) is 5.41 Å². The van der Waals surface area contributed by atoms with Gasteiger partial charge in [0, 0.05) is 32.0 Å². The number of nitrogens with zero attached hydrogens (tertiary/aromatic N) is 1. The Bertz CT molecular complexity index is 489. The zero-order chi connectivity index (χ0) is 15.3. The highest BCUT2D eigenvalue weighted by molar-refractivity contribution is 5.99. The quantitative estimate of drug-likeness (QED) is 0.748. The third kappa shape index (κ3) is 4.49. The van der Waals surface area contributed by atoms with Gasteiger partial charge in [-0.2, -0.15) is 0 Å². The van der Waals surface area contributed by atoms with Crippen molar-refractivity contribution in [3.63, 3.8) is 0 Å². The normalized spacial score (nSPS) is 11.4. The van der Waals surface area contributed by atoms with Crippen LogP contribution in [-0.4, -0.2) is 34.5 Å². The molecule has 1 aromatic rings. The van der Waals surface area contributed by atoms with Gasteiger partial charge in [0.2, 0.25) is 0 Å². The van der Waals surface area contributed by atoms with Gasteiger partial charge in [0.05, 0.1) is 0 Å². The van der Waals surface area contributed by atoms with Gasteiger partial charge in [-0.3, -0.25) is 9.59 Å². The van der Waals surface area contributed by atoms with Crippen LogP contribution in [-0.2, 0) is 7.05 Å². The zero-order valence-electron chi connectivity index (χ0n) is 12.7. The van der Waals surface area contributed by atoms with Gasteiger partial charge >= 0.3 is 0 Å². The van der Waals surface area contributed by atoms with Crippen molar-refractivity contribution in [3.8, 4) is 0 Å². The Labute approximate surface area is 120 Å². The number of nitrogens with one attached hydrogen (secondary N) is 1. The largest absolute Gasteiger partial charge is 0.396 e. The van der Waals surface area contributed by atoms with E-state index in [1.54, 1.807) is 23.9 Å². The molecule has 5 nitrogen and oxygen atoms in total. The van der Waals surface area contributed by atoms with E-state index in [0.717, 1.165) is 12.8 Å². The van der Waals surface area contributed by atoms with Gasteiger partial charge in [-0.05, 0) is 31.2 Å². The SMILES string of the molecule is CC(=O)c1cc(C(=O)NCC(C)(C)CCCO)n(C)c1. The summed E-state index contributed by atoms with van der Waals surface area (Å²) in [6.07, 6.45) is 3.23. The molecule has 1 aromatic heterocycles. The molecule has 0 atom stereocenters. The first kappa shape index (κ1) is 16.4. The number of aliphatic hydroxyl groups excluding tert-OH is 1. The number of carbonyl (C=O) groups is 2. The highest BCUT2D eigenvalue weighted by Gasteiger charge is 2.20. The van der Waals surface area contributed by atoms with Crippen LogP contribution < -0.4 is 5.32 Å². The van der Waals surface area contributed by atoms with Crippen molar-refractivity contribution >= 4 is 11.7 Å². The van der Waals surface area contributed by atoms with E-state index in [-0.39, 0.29) is 23.7 Å². The maximum atomic E-state index is 12.1. The van der Waals surface area contributed by atoms with Crippen LogP contribution >= 0.6 is 0 Å². The van der Waals surface area contributed by atoms with Crippen LogP contribution in [0.15, 0.2) is 12.3 Å². The molecule has 0 aromatic carbocycles. The maximum absolute atomic E-state index is 12.1. The second kappa shape index (κ2) is 6.70. The molecule has 0 aliphatic carbocycles. The first-order valence-electron chi connectivity index (χ1n) is 6.83. The summed E-state index contributed by atoms with van der Waals surface area (Å²) in [4.78, 5) is 23.4. The van der Waals surface area contributed by atoms with Crippen molar-refractivity contribution in [2.75, 3.05) is 13.2 Å². The molecule has 0 fully saturated rings. The topological polar surface area (TPSA) is 71.3 Å². The molecule has 0 saturated heterocycles.